The monoisotopic (exact) mass is 414 g/mol. The molecule has 1 heterocycles. The van der Waals surface area contributed by atoms with E-state index in [0.29, 0.717) is 6.54 Å². The van der Waals surface area contributed by atoms with E-state index in [0.717, 1.165) is 25.2 Å². The van der Waals surface area contributed by atoms with Crippen LogP contribution in [0.15, 0.2) is 53.4 Å². The molecule has 0 aliphatic carbocycles. The zero-order chi connectivity index (χ0) is 20.9. The summed E-state index contributed by atoms with van der Waals surface area (Å²) in [4.78, 5) is 15.2. The van der Waals surface area contributed by atoms with Gasteiger partial charge in [-0.25, -0.2) is 8.42 Å². The van der Waals surface area contributed by atoms with Crippen molar-refractivity contribution in [2.75, 3.05) is 13.1 Å². The molecule has 3 rings (SSSR count). The van der Waals surface area contributed by atoms with E-state index in [-0.39, 0.29) is 16.4 Å². The normalized spacial score (nSPS) is 15.4. The number of nitrogens with zero attached hydrogens (tertiary/aromatic N) is 1. The molecular formula is C23H30N2O3S. The van der Waals surface area contributed by atoms with Crippen LogP contribution in [0.3, 0.4) is 0 Å². The van der Waals surface area contributed by atoms with Crippen LogP contribution in [0, 0.1) is 0 Å². The second-order valence-corrected chi connectivity index (χ2v) is 10.4. The topological polar surface area (TPSA) is 66.5 Å². The molecule has 6 heteroatoms. The molecule has 29 heavy (non-hydrogen) atoms. The van der Waals surface area contributed by atoms with Crippen molar-refractivity contribution >= 4 is 15.7 Å². The Balaban J connectivity index is 1.63. The van der Waals surface area contributed by atoms with Gasteiger partial charge in [0.05, 0.1) is 15.7 Å². The Kier molecular flexibility index (Phi) is 7.09. The van der Waals surface area contributed by atoms with Gasteiger partial charge in [0.15, 0.2) is 9.84 Å². The fraction of sp³-hybridized carbons (Fsp3) is 0.435. The number of piperidine rings is 1. The lowest BCUT2D eigenvalue weighted by Gasteiger charge is -2.26. The summed E-state index contributed by atoms with van der Waals surface area (Å²) in [5.74, 6) is -0.373. The summed E-state index contributed by atoms with van der Waals surface area (Å²) >= 11 is 0. The van der Waals surface area contributed by atoms with Crippen LogP contribution in [-0.4, -0.2) is 37.6 Å². The van der Waals surface area contributed by atoms with Gasteiger partial charge >= 0.3 is 0 Å². The van der Waals surface area contributed by atoms with E-state index < -0.39 is 15.1 Å². The summed E-state index contributed by atoms with van der Waals surface area (Å²) in [6, 6.07) is 14.6. The molecule has 0 atom stereocenters. The summed E-state index contributed by atoms with van der Waals surface area (Å²) in [6.07, 6.45) is 3.88. The third-order valence-corrected chi connectivity index (χ3v) is 7.60. The lowest BCUT2D eigenvalue weighted by Crippen LogP contribution is -2.29. The van der Waals surface area contributed by atoms with E-state index in [1.54, 1.807) is 32.0 Å². The predicted octanol–water partition coefficient (Wildman–Crippen LogP) is 3.78. The lowest BCUT2D eigenvalue weighted by atomic mass is 10.1. The van der Waals surface area contributed by atoms with Gasteiger partial charge in [-0.3, -0.25) is 9.69 Å². The van der Waals surface area contributed by atoms with Crippen molar-refractivity contribution in [2.45, 2.75) is 56.3 Å². The summed E-state index contributed by atoms with van der Waals surface area (Å²) in [5, 5.41) is 2.27. The summed E-state index contributed by atoms with van der Waals surface area (Å²) in [7, 11) is -3.52. The first-order valence-electron chi connectivity index (χ1n) is 10.3. The molecule has 1 fully saturated rings. The van der Waals surface area contributed by atoms with Crippen LogP contribution < -0.4 is 5.32 Å². The number of benzene rings is 2. The summed E-state index contributed by atoms with van der Waals surface area (Å²) < 4.78 is 25.1. The molecule has 1 amide bonds. The van der Waals surface area contributed by atoms with E-state index in [2.05, 4.69) is 22.3 Å². The van der Waals surface area contributed by atoms with Gasteiger partial charge in [-0.15, -0.1) is 0 Å². The highest BCUT2D eigenvalue weighted by Crippen LogP contribution is 2.20. The molecular weight excluding hydrogens is 384 g/mol. The molecule has 1 aliphatic heterocycles. The second-order valence-electron chi connectivity index (χ2n) is 7.93. The van der Waals surface area contributed by atoms with Gasteiger partial charge in [0, 0.05) is 13.1 Å². The zero-order valence-corrected chi connectivity index (χ0v) is 18.0. The zero-order valence-electron chi connectivity index (χ0n) is 17.2. The molecule has 2 aromatic carbocycles. The molecule has 0 aromatic heterocycles. The molecule has 2 aromatic rings. The van der Waals surface area contributed by atoms with Gasteiger partial charge < -0.3 is 5.32 Å². The quantitative estimate of drug-likeness (QED) is 0.749. The van der Waals surface area contributed by atoms with Crippen molar-refractivity contribution in [3.63, 3.8) is 0 Å². The second kappa shape index (κ2) is 9.55. The highest BCUT2D eigenvalue weighted by Gasteiger charge is 2.25. The van der Waals surface area contributed by atoms with E-state index >= 15 is 0 Å². The predicted molar refractivity (Wildman–Crippen MR) is 116 cm³/mol. The maximum absolute atomic E-state index is 12.7. The average Bonchev–Trinajstić information content (AvgIpc) is 2.73. The van der Waals surface area contributed by atoms with Crippen LogP contribution in [0.4, 0.5) is 0 Å². The molecule has 0 saturated carbocycles. The Morgan fingerprint density at radius 3 is 2.24 bits per heavy atom. The molecule has 1 N–H and O–H groups in total. The van der Waals surface area contributed by atoms with Gasteiger partial charge in [-0.1, -0.05) is 42.8 Å². The molecule has 0 unspecified atom stereocenters. The van der Waals surface area contributed by atoms with E-state index in [9.17, 15) is 13.2 Å². The van der Waals surface area contributed by atoms with Crippen LogP contribution in [0.2, 0.25) is 0 Å². The SMILES string of the molecule is CC(C)S(=O)(=O)c1ccccc1C(=O)NCc1ccc(CN2CCCCC2)cc1. The van der Waals surface area contributed by atoms with Crippen molar-refractivity contribution in [1.29, 1.82) is 0 Å². The highest BCUT2D eigenvalue weighted by atomic mass is 32.2. The molecule has 5 nitrogen and oxygen atoms in total. The number of amides is 1. The summed E-state index contributed by atoms with van der Waals surface area (Å²) in [5.41, 5.74) is 2.46. The maximum Gasteiger partial charge on any atom is 0.252 e. The molecule has 0 radical (unpaired) electrons. The Morgan fingerprint density at radius 1 is 0.966 bits per heavy atom. The van der Waals surface area contributed by atoms with Crippen LogP contribution in [0.1, 0.15) is 54.6 Å². The average molecular weight is 415 g/mol. The number of hydrogen-bond donors (Lipinski definition) is 1. The first-order chi connectivity index (χ1) is 13.9. The third-order valence-electron chi connectivity index (χ3n) is 5.39. The number of sulfone groups is 1. The fourth-order valence-corrected chi connectivity index (χ4v) is 4.82. The summed E-state index contributed by atoms with van der Waals surface area (Å²) in [6.45, 7) is 6.89. The maximum atomic E-state index is 12.7. The highest BCUT2D eigenvalue weighted by molar-refractivity contribution is 7.92. The fourth-order valence-electron chi connectivity index (χ4n) is 3.57. The number of carbonyl (C=O) groups is 1. The van der Waals surface area contributed by atoms with E-state index in [1.807, 2.05) is 12.1 Å². The van der Waals surface area contributed by atoms with Crippen LogP contribution in [0.5, 0.6) is 0 Å². The number of carbonyl (C=O) groups excluding carboxylic acids is 1. The largest absolute Gasteiger partial charge is 0.348 e. The van der Waals surface area contributed by atoms with Crippen molar-refractivity contribution in [3.8, 4) is 0 Å². The van der Waals surface area contributed by atoms with E-state index in [4.69, 9.17) is 0 Å². The minimum absolute atomic E-state index is 0.0874. The molecule has 156 valence electrons. The number of likely N-dealkylation sites (tertiary alicyclic amines) is 1. The molecule has 0 bridgehead atoms. The van der Waals surface area contributed by atoms with Crippen molar-refractivity contribution in [3.05, 3.63) is 65.2 Å². The number of nitrogens with one attached hydrogen (secondary N) is 1. The van der Waals surface area contributed by atoms with Gasteiger partial charge in [-0.05, 0) is 63.0 Å². The Morgan fingerprint density at radius 2 is 1.59 bits per heavy atom. The van der Waals surface area contributed by atoms with Gasteiger partial charge in [-0.2, -0.15) is 0 Å². The van der Waals surface area contributed by atoms with Crippen molar-refractivity contribution in [1.82, 2.24) is 10.2 Å². The number of rotatable bonds is 7. The van der Waals surface area contributed by atoms with Crippen molar-refractivity contribution in [2.24, 2.45) is 0 Å². The van der Waals surface area contributed by atoms with Crippen LogP contribution in [0.25, 0.3) is 0 Å². The minimum atomic E-state index is -3.52. The Bertz CT molecular complexity index is 931. The van der Waals surface area contributed by atoms with Crippen LogP contribution in [-0.2, 0) is 22.9 Å². The van der Waals surface area contributed by atoms with Crippen LogP contribution >= 0.6 is 0 Å². The first kappa shape index (κ1) is 21.5. The Hall–Kier alpha value is -2.18. The first-order valence-corrected chi connectivity index (χ1v) is 11.8. The third kappa shape index (κ3) is 5.46. The minimum Gasteiger partial charge on any atom is -0.348 e. The van der Waals surface area contributed by atoms with Gasteiger partial charge in [0.2, 0.25) is 0 Å². The standard InChI is InChI=1S/C23H30N2O3S/c1-18(2)29(27,28)22-9-5-4-8-21(22)23(26)24-16-19-10-12-20(13-11-19)17-25-14-6-3-7-15-25/h4-5,8-13,18H,3,6-7,14-17H2,1-2H3,(H,24,26). The van der Waals surface area contributed by atoms with Crippen molar-refractivity contribution < 1.29 is 13.2 Å². The number of hydrogen-bond acceptors (Lipinski definition) is 4. The molecule has 1 aliphatic rings. The van der Waals surface area contributed by atoms with Gasteiger partial charge in [0.1, 0.15) is 0 Å². The van der Waals surface area contributed by atoms with Gasteiger partial charge in [0.25, 0.3) is 5.91 Å². The lowest BCUT2D eigenvalue weighted by molar-refractivity contribution is 0.0947. The molecule has 0 spiro atoms. The van der Waals surface area contributed by atoms with E-state index in [1.165, 1.54) is 30.9 Å². The smallest absolute Gasteiger partial charge is 0.252 e. The molecule has 1 saturated heterocycles. The Labute approximate surface area is 174 Å².